The molecule has 1 atom stereocenters. The average molecular weight is 455 g/mol. The van der Waals surface area contributed by atoms with Gasteiger partial charge in [-0.25, -0.2) is 0 Å². The fourth-order valence-corrected chi connectivity index (χ4v) is 4.37. The van der Waals surface area contributed by atoms with Crippen LogP contribution in [0, 0.1) is 5.92 Å². The van der Waals surface area contributed by atoms with Crippen LogP contribution < -0.4 is 16.0 Å². The molecular weight excluding hydrogens is 424 g/mol. The smallest absolute Gasteiger partial charge is 0.239 e. The van der Waals surface area contributed by atoms with Crippen molar-refractivity contribution >= 4 is 29.1 Å². The molecule has 1 unspecified atom stereocenters. The van der Waals surface area contributed by atoms with E-state index in [2.05, 4.69) is 10.2 Å². The molecule has 2 aromatic carbocycles. The summed E-state index contributed by atoms with van der Waals surface area (Å²) in [5, 5.41) is 4.07. The molecule has 0 bridgehead atoms. The van der Waals surface area contributed by atoms with Gasteiger partial charge in [0.25, 0.3) is 0 Å². The topological polar surface area (TPSA) is 78.7 Å². The number of hydrogen-bond donors (Lipinski definition) is 2. The van der Waals surface area contributed by atoms with Crippen molar-refractivity contribution in [3.05, 3.63) is 64.7 Å². The largest absolute Gasteiger partial charge is 0.368 e. The van der Waals surface area contributed by atoms with Gasteiger partial charge in [0.2, 0.25) is 11.8 Å². The second kappa shape index (κ2) is 10.4. The van der Waals surface area contributed by atoms with E-state index in [-0.39, 0.29) is 11.8 Å². The van der Waals surface area contributed by atoms with E-state index < -0.39 is 6.04 Å². The number of nitrogens with one attached hydrogen (secondary N) is 1. The van der Waals surface area contributed by atoms with Crippen molar-refractivity contribution in [2.45, 2.75) is 31.7 Å². The zero-order valence-corrected chi connectivity index (χ0v) is 19.1. The minimum atomic E-state index is -0.495. The molecule has 32 heavy (non-hydrogen) atoms. The highest BCUT2D eigenvalue weighted by molar-refractivity contribution is 6.30. The Morgan fingerprint density at radius 1 is 1.03 bits per heavy atom. The summed E-state index contributed by atoms with van der Waals surface area (Å²) in [4.78, 5) is 29.1. The first kappa shape index (κ1) is 22.6. The number of rotatable bonds is 9. The number of amides is 2. The quantitative estimate of drug-likeness (QED) is 0.610. The Balaban J connectivity index is 1.35. The lowest BCUT2D eigenvalue weighted by molar-refractivity contribution is -0.131. The van der Waals surface area contributed by atoms with Crippen molar-refractivity contribution in [1.82, 2.24) is 10.2 Å². The minimum absolute atomic E-state index is 0.175. The number of hydrogen-bond acceptors (Lipinski definition) is 4. The molecule has 0 spiro atoms. The lowest BCUT2D eigenvalue weighted by Gasteiger charge is -2.37. The van der Waals surface area contributed by atoms with Crippen LogP contribution >= 0.6 is 11.6 Å². The SMILES string of the molecule is NC(=O)C(NCC1CC1)c1ccccc1N1CCN(C(=O)CCc2ccc(Cl)cc2)CC1. The number of primary amides is 1. The lowest BCUT2D eigenvalue weighted by Crippen LogP contribution is -2.49. The second-order valence-electron chi connectivity index (χ2n) is 8.74. The average Bonchev–Trinajstić information content (AvgIpc) is 3.63. The van der Waals surface area contributed by atoms with Gasteiger partial charge in [-0.05, 0) is 55.5 Å². The number of benzene rings is 2. The van der Waals surface area contributed by atoms with Crippen LogP contribution in [0.3, 0.4) is 0 Å². The Morgan fingerprint density at radius 2 is 1.72 bits per heavy atom. The molecule has 1 heterocycles. The van der Waals surface area contributed by atoms with Gasteiger partial charge < -0.3 is 20.9 Å². The molecule has 3 N–H and O–H groups in total. The fourth-order valence-electron chi connectivity index (χ4n) is 4.25. The molecule has 6 nitrogen and oxygen atoms in total. The van der Waals surface area contributed by atoms with Crippen molar-refractivity contribution in [2.24, 2.45) is 11.7 Å². The normalized spacial score (nSPS) is 17.3. The Bertz CT molecular complexity index is 937. The molecule has 2 aliphatic rings. The van der Waals surface area contributed by atoms with Gasteiger partial charge in [0.05, 0.1) is 0 Å². The molecule has 0 aromatic heterocycles. The maximum absolute atomic E-state index is 12.7. The number of carbonyl (C=O) groups is 2. The van der Waals surface area contributed by atoms with E-state index >= 15 is 0 Å². The zero-order valence-electron chi connectivity index (χ0n) is 18.3. The highest BCUT2D eigenvalue weighted by Crippen LogP contribution is 2.31. The lowest BCUT2D eigenvalue weighted by atomic mass is 10.0. The molecule has 1 saturated heterocycles. The summed E-state index contributed by atoms with van der Waals surface area (Å²) in [6.45, 7) is 3.63. The van der Waals surface area contributed by atoms with Crippen LogP contribution in [0.1, 0.15) is 36.4 Å². The van der Waals surface area contributed by atoms with E-state index in [0.717, 1.165) is 36.4 Å². The van der Waals surface area contributed by atoms with Crippen molar-refractivity contribution in [2.75, 3.05) is 37.6 Å². The van der Waals surface area contributed by atoms with Gasteiger partial charge >= 0.3 is 0 Å². The number of aryl methyl sites for hydroxylation is 1. The Kier molecular flexibility index (Phi) is 7.33. The maximum Gasteiger partial charge on any atom is 0.239 e. The van der Waals surface area contributed by atoms with Crippen molar-refractivity contribution in [1.29, 1.82) is 0 Å². The predicted molar refractivity (Wildman–Crippen MR) is 128 cm³/mol. The van der Waals surface area contributed by atoms with E-state index in [4.69, 9.17) is 17.3 Å². The van der Waals surface area contributed by atoms with Gasteiger partial charge in [-0.1, -0.05) is 41.9 Å². The molecule has 170 valence electrons. The first-order valence-electron chi connectivity index (χ1n) is 11.4. The predicted octanol–water partition coefficient (Wildman–Crippen LogP) is 3.15. The number of nitrogens with zero attached hydrogens (tertiary/aromatic N) is 2. The van der Waals surface area contributed by atoms with E-state index in [9.17, 15) is 9.59 Å². The standard InChI is InChI=1S/C25H31ClN4O2/c26-20-10-7-18(8-11-20)9-12-23(31)30-15-13-29(14-16-30)22-4-2-1-3-21(22)24(25(27)32)28-17-19-5-6-19/h1-4,7-8,10-11,19,24,28H,5-6,9,12-17H2,(H2,27,32). The van der Waals surface area contributed by atoms with Gasteiger partial charge in [0, 0.05) is 48.9 Å². The summed E-state index contributed by atoms with van der Waals surface area (Å²) in [7, 11) is 0. The van der Waals surface area contributed by atoms with E-state index in [1.807, 2.05) is 53.4 Å². The summed E-state index contributed by atoms with van der Waals surface area (Å²) in [6.07, 6.45) is 3.64. The third-order valence-electron chi connectivity index (χ3n) is 6.35. The van der Waals surface area contributed by atoms with Gasteiger partial charge in [-0.2, -0.15) is 0 Å². The molecule has 2 amide bonds. The monoisotopic (exact) mass is 454 g/mol. The molecule has 2 aromatic rings. The highest BCUT2D eigenvalue weighted by atomic mass is 35.5. The maximum atomic E-state index is 12.7. The van der Waals surface area contributed by atoms with Crippen LogP contribution in [0.25, 0.3) is 0 Å². The number of carbonyl (C=O) groups excluding carboxylic acids is 2. The van der Waals surface area contributed by atoms with Crippen molar-refractivity contribution in [3.63, 3.8) is 0 Å². The highest BCUT2D eigenvalue weighted by Gasteiger charge is 2.28. The minimum Gasteiger partial charge on any atom is -0.368 e. The molecule has 4 rings (SSSR count). The number of para-hydroxylation sites is 1. The van der Waals surface area contributed by atoms with Crippen LogP contribution in [0.4, 0.5) is 5.69 Å². The van der Waals surface area contributed by atoms with Crippen LogP contribution in [0.5, 0.6) is 0 Å². The van der Waals surface area contributed by atoms with Gasteiger partial charge in [-0.3, -0.25) is 9.59 Å². The van der Waals surface area contributed by atoms with E-state index in [1.165, 1.54) is 12.8 Å². The Morgan fingerprint density at radius 3 is 2.38 bits per heavy atom. The van der Waals surface area contributed by atoms with Crippen LogP contribution in [0.2, 0.25) is 5.02 Å². The summed E-state index contributed by atoms with van der Waals surface area (Å²) >= 11 is 5.93. The van der Waals surface area contributed by atoms with Crippen LogP contribution in [-0.2, 0) is 16.0 Å². The molecule has 0 radical (unpaired) electrons. The zero-order chi connectivity index (χ0) is 22.5. The number of nitrogens with two attached hydrogens (primary N) is 1. The third kappa shape index (κ3) is 5.81. The number of anilines is 1. The fraction of sp³-hybridized carbons (Fsp3) is 0.440. The van der Waals surface area contributed by atoms with Crippen molar-refractivity contribution < 1.29 is 9.59 Å². The van der Waals surface area contributed by atoms with Crippen LogP contribution in [0.15, 0.2) is 48.5 Å². The first-order chi connectivity index (χ1) is 15.5. The van der Waals surface area contributed by atoms with Crippen LogP contribution in [-0.4, -0.2) is 49.4 Å². The molecule has 7 heteroatoms. The summed E-state index contributed by atoms with van der Waals surface area (Å²) in [6, 6.07) is 15.1. The third-order valence-corrected chi connectivity index (χ3v) is 6.61. The Labute approximate surface area is 194 Å². The molecule has 2 fully saturated rings. The second-order valence-corrected chi connectivity index (χ2v) is 9.18. The van der Waals surface area contributed by atoms with E-state index in [0.29, 0.717) is 36.9 Å². The number of halogens is 1. The number of piperazine rings is 1. The molecule has 1 aliphatic carbocycles. The molecular formula is C25H31ClN4O2. The molecule has 1 saturated carbocycles. The molecule has 1 aliphatic heterocycles. The van der Waals surface area contributed by atoms with Gasteiger partial charge in [-0.15, -0.1) is 0 Å². The van der Waals surface area contributed by atoms with Crippen molar-refractivity contribution in [3.8, 4) is 0 Å². The summed E-state index contributed by atoms with van der Waals surface area (Å²) in [5.74, 6) is 0.481. The van der Waals surface area contributed by atoms with E-state index in [1.54, 1.807) is 0 Å². The van der Waals surface area contributed by atoms with Gasteiger partial charge in [0.15, 0.2) is 0 Å². The Hall–Kier alpha value is -2.57. The summed E-state index contributed by atoms with van der Waals surface area (Å²) in [5.41, 5.74) is 8.80. The summed E-state index contributed by atoms with van der Waals surface area (Å²) < 4.78 is 0. The first-order valence-corrected chi connectivity index (χ1v) is 11.8. The van der Waals surface area contributed by atoms with Gasteiger partial charge in [0.1, 0.15) is 6.04 Å².